The molecule has 0 bridgehead atoms. The lowest BCUT2D eigenvalue weighted by Crippen LogP contribution is -2.04. The lowest BCUT2D eigenvalue weighted by atomic mass is 10.1. The van der Waals surface area contributed by atoms with Gasteiger partial charge in [-0.15, -0.1) is 0 Å². The summed E-state index contributed by atoms with van der Waals surface area (Å²) in [6.45, 7) is 4.79. The molecule has 0 heterocycles. The summed E-state index contributed by atoms with van der Waals surface area (Å²) >= 11 is 0. The van der Waals surface area contributed by atoms with E-state index in [1.54, 1.807) is 0 Å². The normalized spacial score (nSPS) is 11.1. The monoisotopic (exact) mass is 341 g/mol. The third-order valence-electron chi connectivity index (χ3n) is 3.14. The Hall–Kier alpha value is -0.210. The summed E-state index contributed by atoms with van der Waals surface area (Å²) in [7, 11) is -4.67. The van der Waals surface area contributed by atoms with Gasteiger partial charge in [0.15, 0.2) is 0 Å². The Bertz CT molecular complexity index is 274. The minimum atomic E-state index is -4.67. The van der Waals surface area contributed by atoms with Crippen molar-refractivity contribution in [2.24, 2.45) is 5.73 Å². The molecule has 0 aromatic carbocycles. The van der Waals surface area contributed by atoms with Crippen LogP contribution in [0.25, 0.3) is 0 Å². The molecule has 136 valence electrons. The Balaban J connectivity index is 0. The van der Waals surface area contributed by atoms with E-state index in [0.29, 0.717) is 0 Å². The molecule has 0 saturated heterocycles. The average molecular weight is 342 g/mol. The van der Waals surface area contributed by atoms with Crippen LogP contribution in [0.2, 0.25) is 0 Å². The first-order valence-electron chi connectivity index (χ1n) is 8.39. The summed E-state index contributed by atoms with van der Waals surface area (Å²) in [6.07, 6.45) is 14.9. The number of nitrogens with two attached hydrogens (primary N) is 1. The Morgan fingerprint density at radius 1 is 0.773 bits per heavy atom. The first-order valence-corrected chi connectivity index (χ1v) is 9.79. The third kappa shape index (κ3) is 36.7. The minimum absolute atomic E-state index is 0.748. The van der Waals surface area contributed by atoms with Crippen molar-refractivity contribution in [3.63, 3.8) is 0 Å². The van der Waals surface area contributed by atoms with Crippen molar-refractivity contribution in [3.05, 3.63) is 0 Å². The van der Waals surface area contributed by atoms with Crippen molar-refractivity contribution in [2.75, 3.05) is 19.8 Å². The van der Waals surface area contributed by atoms with Crippen LogP contribution in [-0.2, 0) is 15.1 Å². The summed E-state index contributed by atoms with van der Waals surface area (Å²) in [5.74, 6) is 0. The van der Waals surface area contributed by atoms with Crippen molar-refractivity contribution in [3.8, 4) is 0 Å². The number of rotatable bonds is 14. The molecule has 0 aromatic rings. The van der Waals surface area contributed by atoms with Gasteiger partial charge < -0.3 is 10.5 Å². The fourth-order valence-electron chi connectivity index (χ4n) is 1.98. The van der Waals surface area contributed by atoms with E-state index in [-0.39, 0.29) is 0 Å². The molecule has 0 aromatic heterocycles. The van der Waals surface area contributed by atoms with E-state index < -0.39 is 10.4 Å². The van der Waals surface area contributed by atoms with Crippen LogP contribution < -0.4 is 5.73 Å². The highest BCUT2D eigenvalue weighted by atomic mass is 32.3. The first-order chi connectivity index (χ1) is 10.4. The standard InChI is InChI=1S/C15H33NO.H2O4S/c1-2-3-4-5-6-7-8-9-10-11-14-17-15-12-13-16;1-5(2,3)4/h2-16H2,1H3;(H2,1,2,3,4). The molecule has 0 fully saturated rings. The van der Waals surface area contributed by atoms with E-state index in [9.17, 15) is 0 Å². The van der Waals surface area contributed by atoms with E-state index in [2.05, 4.69) is 6.92 Å². The molecular weight excluding hydrogens is 306 g/mol. The highest BCUT2D eigenvalue weighted by Gasteiger charge is 1.93. The van der Waals surface area contributed by atoms with Crippen LogP contribution in [-0.4, -0.2) is 37.3 Å². The van der Waals surface area contributed by atoms with E-state index in [1.165, 1.54) is 64.2 Å². The fraction of sp³-hybridized carbons (Fsp3) is 1.00. The largest absolute Gasteiger partial charge is 0.394 e. The van der Waals surface area contributed by atoms with E-state index >= 15 is 0 Å². The molecule has 7 heteroatoms. The molecule has 0 aliphatic carbocycles. The molecule has 6 nitrogen and oxygen atoms in total. The molecule has 0 spiro atoms. The molecule has 0 amide bonds. The second-order valence-corrected chi connectivity index (χ2v) is 6.28. The molecule has 0 aliphatic heterocycles. The highest BCUT2D eigenvalue weighted by molar-refractivity contribution is 7.79. The zero-order chi connectivity index (χ0) is 17.1. The van der Waals surface area contributed by atoms with Crippen LogP contribution in [0.1, 0.15) is 77.6 Å². The Morgan fingerprint density at radius 2 is 1.14 bits per heavy atom. The molecule has 0 aliphatic rings. The quantitative estimate of drug-likeness (QED) is 0.329. The summed E-state index contributed by atoms with van der Waals surface area (Å²) < 4.78 is 37.0. The van der Waals surface area contributed by atoms with Crippen molar-refractivity contribution in [1.29, 1.82) is 0 Å². The fourth-order valence-corrected chi connectivity index (χ4v) is 1.98. The summed E-state index contributed by atoms with van der Waals surface area (Å²) in [6, 6.07) is 0. The molecule has 0 radical (unpaired) electrons. The molecule has 22 heavy (non-hydrogen) atoms. The van der Waals surface area contributed by atoms with E-state index in [4.69, 9.17) is 28.0 Å². The molecule has 4 N–H and O–H groups in total. The van der Waals surface area contributed by atoms with Crippen molar-refractivity contribution in [2.45, 2.75) is 77.6 Å². The third-order valence-corrected chi connectivity index (χ3v) is 3.14. The van der Waals surface area contributed by atoms with Crippen LogP contribution in [0.3, 0.4) is 0 Å². The predicted molar refractivity (Wildman–Crippen MR) is 90.5 cm³/mol. The number of ether oxygens (including phenoxy) is 1. The molecule has 0 saturated carbocycles. The van der Waals surface area contributed by atoms with Gasteiger partial charge in [0.05, 0.1) is 0 Å². The van der Waals surface area contributed by atoms with Gasteiger partial charge in [0.2, 0.25) is 0 Å². The summed E-state index contributed by atoms with van der Waals surface area (Å²) in [5, 5.41) is 0. The molecule has 0 rings (SSSR count). The van der Waals surface area contributed by atoms with Gasteiger partial charge in [-0.1, -0.05) is 64.7 Å². The number of hydrogen-bond acceptors (Lipinski definition) is 4. The van der Waals surface area contributed by atoms with Crippen LogP contribution in [0.4, 0.5) is 0 Å². The lowest BCUT2D eigenvalue weighted by molar-refractivity contribution is 0.129. The summed E-state index contributed by atoms with van der Waals surface area (Å²) in [5.41, 5.74) is 5.39. The second kappa shape index (κ2) is 18.8. The topological polar surface area (TPSA) is 110 Å². The SMILES string of the molecule is CCCCCCCCCCCCOCCCN.O=S(=O)(O)O. The predicted octanol–water partition coefficient (Wildman–Crippen LogP) is 3.62. The molecular formula is C15H35NO5S. The maximum Gasteiger partial charge on any atom is 0.394 e. The van der Waals surface area contributed by atoms with Gasteiger partial charge in [0, 0.05) is 13.2 Å². The van der Waals surface area contributed by atoms with Crippen LogP contribution in [0.5, 0.6) is 0 Å². The zero-order valence-electron chi connectivity index (χ0n) is 14.0. The molecule has 0 unspecified atom stereocenters. The van der Waals surface area contributed by atoms with E-state index in [0.717, 1.165) is 26.2 Å². The van der Waals surface area contributed by atoms with Gasteiger partial charge in [0.25, 0.3) is 0 Å². The summed E-state index contributed by atoms with van der Waals surface area (Å²) in [4.78, 5) is 0. The van der Waals surface area contributed by atoms with Crippen molar-refractivity contribution < 1.29 is 22.3 Å². The first kappa shape index (κ1) is 24.0. The van der Waals surface area contributed by atoms with Crippen molar-refractivity contribution in [1.82, 2.24) is 0 Å². The van der Waals surface area contributed by atoms with Gasteiger partial charge in [-0.05, 0) is 19.4 Å². The van der Waals surface area contributed by atoms with Gasteiger partial charge in [-0.25, -0.2) is 0 Å². The average Bonchev–Trinajstić information content (AvgIpc) is 2.42. The zero-order valence-corrected chi connectivity index (χ0v) is 14.8. The minimum Gasteiger partial charge on any atom is -0.381 e. The van der Waals surface area contributed by atoms with E-state index in [1.807, 2.05) is 0 Å². The smallest absolute Gasteiger partial charge is 0.381 e. The number of unbranched alkanes of at least 4 members (excludes halogenated alkanes) is 9. The van der Waals surface area contributed by atoms with Crippen LogP contribution in [0, 0.1) is 0 Å². The van der Waals surface area contributed by atoms with Gasteiger partial charge in [-0.2, -0.15) is 8.42 Å². The maximum atomic E-state index is 8.74. The van der Waals surface area contributed by atoms with Crippen molar-refractivity contribution >= 4 is 10.4 Å². The molecule has 0 atom stereocenters. The lowest BCUT2D eigenvalue weighted by Gasteiger charge is -2.03. The van der Waals surface area contributed by atoms with Gasteiger partial charge >= 0.3 is 10.4 Å². The number of hydrogen-bond donors (Lipinski definition) is 3. The van der Waals surface area contributed by atoms with Crippen LogP contribution in [0.15, 0.2) is 0 Å². The Labute approximate surface area is 136 Å². The van der Waals surface area contributed by atoms with Gasteiger partial charge in [0.1, 0.15) is 0 Å². The maximum absolute atomic E-state index is 8.74. The Kier molecular flexibility index (Phi) is 20.6. The Morgan fingerprint density at radius 3 is 1.55 bits per heavy atom. The van der Waals surface area contributed by atoms with Gasteiger partial charge in [-0.3, -0.25) is 9.11 Å². The highest BCUT2D eigenvalue weighted by Crippen LogP contribution is 2.10. The van der Waals surface area contributed by atoms with Crippen LogP contribution >= 0.6 is 0 Å². The second-order valence-electron chi connectivity index (χ2n) is 5.38.